The molecule has 0 aliphatic heterocycles. The summed E-state index contributed by atoms with van der Waals surface area (Å²) < 4.78 is 0. The van der Waals surface area contributed by atoms with E-state index in [1.807, 2.05) is 72.8 Å². The third-order valence-electron chi connectivity index (χ3n) is 4.13. The summed E-state index contributed by atoms with van der Waals surface area (Å²) >= 11 is 0. The van der Waals surface area contributed by atoms with Crippen LogP contribution in [0.3, 0.4) is 0 Å². The van der Waals surface area contributed by atoms with Crippen LogP contribution in [0.4, 0.5) is 5.69 Å². The average Bonchev–Trinajstić information content (AvgIpc) is 3.20. The van der Waals surface area contributed by atoms with Crippen molar-refractivity contribution in [1.82, 2.24) is 9.97 Å². The van der Waals surface area contributed by atoms with Crippen molar-refractivity contribution < 1.29 is 4.79 Å². The van der Waals surface area contributed by atoms with Crippen LogP contribution in [0.1, 0.15) is 10.4 Å². The van der Waals surface area contributed by atoms with Crippen LogP contribution in [0.5, 0.6) is 0 Å². The van der Waals surface area contributed by atoms with Gasteiger partial charge in [-0.1, -0.05) is 60.7 Å². The van der Waals surface area contributed by atoms with Gasteiger partial charge in [0.1, 0.15) is 5.82 Å². The van der Waals surface area contributed by atoms with Crippen molar-refractivity contribution in [3.8, 4) is 22.6 Å². The monoisotopic (exact) mass is 339 g/mol. The highest BCUT2D eigenvalue weighted by atomic mass is 16.1. The zero-order valence-corrected chi connectivity index (χ0v) is 14.0. The summed E-state index contributed by atoms with van der Waals surface area (Å²) in [4.78, 5) is 20.3. The summed E-state index contributed by atoms with van der Waals surface area (Å²) in [5.41, 5.74) is 4.18. The van der Waals surface area contributed by atoms with Crippen molar-refractivity contribution in [2.75, 3.05) is 5.32 Å². The summed E-state index contributed by atoms with van der Waals surface area (Å²) in [6, 6.07) is 26.8. The van der Waals surface area contributed by atoms with Gasteiger partial charge in [0.2, 0.25) is 0 Å². The molecule has 1 amide bonds. The van der Waals surface area contributed by atoms with Crippen LogP contribution in [0.25, 0.3) is 22.6 Å². The predicted molar refractivity (Wildman–Crippen MR) is 104 cm³/mol. The van der Waals surface area contributed by atoms with Crippen molar-refractivity contribution in [2.45, 2.75) is 0 Å². The molecule has 0 aliphatic rings. The first-order valence-corrected chi connectivity index (χ1v) is 8.37. The molecule has 126 valence electrons. The zero-order chi connectivity index (χ0) is 17.8. The van der Waals surface area contributed by atoms with Gasteiger partial charge in [0.15, 0.2) is 0 Å². The molecule has 4 aromatic rings. The minimum atomic E-state index is -0.145. The summed E-state index contributed by atoms with van der Waals surface area (Å²) in [6.07, 6.45) is 1.81. The van der Waals surface area contributed by atoms with Crippen molar-refractivity contribution >= 4 is 11.6 Å². The van der Waals surface area contributed by atoms with Crippen LogP contribution < -0.4 is 5.32 Å². The summed E-state index contributed by atoms with van der Waals surface area (Å²) in [7, 11) is 0. The van der Waals surface area contributed by atoms with E-state index in [1.165, 1.54) is 0 Å². The Bertz CT molecular complexity index is 1020. The molecule has 0 aliphatic carbocycles. The number of hydrogen-bond donors (Lipinski definition) is 2. The Hall–Kier alpha value is -3.66. The number of anilines is 1. The molecule has 4 heteroatoms. The van der Waals surface area contributed by atoms with E-state index in [2.05, 4.69) is 15.3 Å². The molecule has 4 nitrogen and oxygen atoms in total. The smallest absolute Gasteiger partial charge is 0.255 e. The quantitative estimate of drug-likeness (QED) is 0.550. The number of aromatic nitrogens is 2. The van der Waals surface area contributed by atoms with Gasteiger partial charge in [-0.15, -0.1) is 0 Å². The fraction of sp³-hybridized carbons (Fsp3) is 0. The first kappa shape index (κ1) is 15.8. The molecule has 26 heavy (non-hydrogen) atoms. The van der Waals surface area contributed by atoms with Crippen molar-refractivity contribution in [3.05, 3.63) is 96.7 Å². The highest BCUT2D eigenvalue weighted by Gasteiger charge is 2.12. The number of imidazole rings is 1. The first-order chi connectivity index (χ1) is 12.8. The number of nitrogens with one attached hydrogen (secondary N) is 2. The normalized spacial score (nSPS) is 10.5. The van der Waals surface area contributed by atoms with E-state index in [0.29, 0.717) is 11.4 Å². The van der Waals surface area contributed by atoms with Crippen LogP contribution in [0.15, 0.2) is 91.1 Å². The lowest BCUT2D eigenvalue weighted by Crippen LogP contribution is -2.12. The lowest BCUT2D eigenvalue weighted by atomic mass is 10.1. The van der Waals surface area contributed by atoms with E-state index in [1.54, 1.807) is 18.3 Å². The average molecular weight is 339 g/mol. The van der Waals surface area contributed by atoms with E-state index in [0.717, 1.165) is 22.5 Å². The number of benzene rings is 3. The van der Waals surface area contributed by atoms with Gasteiger partial charge in [0.05, 0.1) is 17.6 Å². The highest BCUT2D eigenvalue weighted by Crippen LogP contribution is 2.28. The molecular weight excluding hydrogens is 322 g/mol. The Labute approximate surface area is 151 Å². The van der Waals surface area contributed by atoms with Gasteiger partial charge in [-0.25, -0.2) is 4.98 Å². The Kier molecular flexibility index (Phi) is 4.31. The van der Waals surface area contributed by atoms with Gasteiger partial charge < -0.3 is 10.3 Å². The van der Waals surface area contributed by atoms with Crippen LogP contribution in [-0.2, 0) is 0 Å². The number of rotatable bonds is 4. The second-order valence-corrected chi connectivity index (χ2v) is 5.88. The topological polar surface area (TPSA) is 57.8 Å². The molecule has 0 spiro atoms. The zero-order valence-electron chi connectivity index (χ0n) is 14.0. The Morgan fingerprint density at radius 3 is 2.23 bits per heavy atom. The SMILES string of the molecule is O=C(Nc1ccccc1-c1ncc(-c2ccccc2)[nH]1)c1ccccc1. The third kappa shape index (κ3) is 3.26. The van der Waals surface area contributed by atoms with E-state index in [4.69, 9.17) is 0 Å². The summed E-state index contributed by atoms with van der Waals surface area (Å²) in [5.74, 6) is 0.570. The lowest BCUT2D eigenvalue weighted by molar-refractivity contribution is 0.102. The molecule has 0 saturated carbocycles. The highest BCUT2D eigenvalue weighted by molar-refractivity contribution is 6.06. The summed E-state index contributed by atoms with van der Waals surface area (Å²) in [6.45, 7) is 0. The van der Waals surface area contributed by atoms with Gasteiger partial charge in [0, 0.05) is 11.1 Å². The van der Waals surface area contributed by atoms with E-state index < -0.39 is 0 Å². The Balaban J connectivity index is 1.64. The summed E-state index contributed by atoms with van der Waals surface area (Å²) in [5, 5.41) is 2.98. The second kappa shape index (κ2) is 7.07. The van der Waals surface area contributed by atoms with Gasteiger partial charge >= 0.3 is 0 Å². The molecule has 3 aromatic carbocycles. The van der Waals surface area contributed by atoms with Crippen molar-refractivity contribution in [1.29, 1.82) is 0 Å². The first-order valence-electron chi connectivity index (χ1n) is 8.37. The number of H-pyrrole nitrogens is 1. The van der Waals surface area contributed by atoms with Crippen LogP contribution in [0.2, 0.25) is 0 Å². The molecule has 1 heterocycles. The minimum Gasteiger partial charge on any atom is -0.338 e. The second-order valence-electron chi connectivity index (χ2n) is 5.88. The van der Waals surface area contributed by atoms with Gasteiger partial charge in [-0.2, -0.15) is 0 Å². The van der Waals surface area contributed by atoms with Gasteiger partial charge in [-0.05, 0) is 29.8 Å². The molecule has 1 aromatic heterocycles. The predicted octanol–water partition coefficient (Wildman–Crippen LogP) is 5.00. The number of para-hydroxylation sites is 1. The number of hydrogen-bond acceptors (Lipinski definition) is 2. The maximum Gasteiger partial charge on any atom is 0.255 e. The number of nitrogens with zero attached hydrogens (tertiary/aromatic N) is 1. The van der Waals surface area contributed by atoms with Crippen LogP contribution >= 0.6 is 0 Å². The van der Waals surface area contributed by atoms with Crippen LogP contribution in [0, 0.1) is 0 Å². The maximum atomic E-state index is 12.5. The molecule has 4 rings (SSSR count). The molecule has 0 atom stereocenters. The van der Waals surface area contributed by atoms with E-state index in [-0.39, 0.29) is 5.91 Å². The van der Waals surface area contributed by atoms with E-state index >= 15 is 0 Å². The van der Waals surface area contributed by atoms with E-state index in [9.17, 15) is 4.79 Å². The lowest BCUT2D eigenvalue weighted by Gasteiger charge is -2.09. The van der Waals surface area contributed by atoms with Crippen LogP contribution in [-0.4, -0.2) is 15.9 Å². The van der Waals surface area contributed by atoms with Gasteiger partial charge in [-0.3, -0.25) is 4.79 Å². The minimum absolute atomic E-state index is 0.145. The van der Waals surface area contributed by atoms with Gasteiger partial charge in [0.25, 0.3) is 5.91 Å². The molecule has 0 radical (unpaired) electrons. The maximum absolute atomic E-state index is 12.5. The molecule has 0 fully saturated rings. The Morgan fingerprint density at radius 1 is 0.808 bits per heavy atom. The van der Waals surface area contributed by atoms with Crippen molar-refractivity contribution in [2.24, 2.45) is 0 Å². The molecule has 0 saturated heterocycles. The largest absolute Gasteiger partial charge is 0.338 e. The Morgan fingerprint density at radius 2 is 1.46 bits per heavy atom. The number of carbonyl (C=O) groups excluding carboxylic acids is 1. The number of amides is 1. The fourth-order valence-electron chi connectivity index (χ4n) is 2.81. The molecular formula is C22H17N3O. The third-order valence-corrected chi connectivity index (χ3v) is 4.13. The number of carbonyl (C=O) groups is 1. The molecule has 0 unspecified atom stereocenters. The fourth-order valence-corrected chi connectivity index (χ4v) is 2.81. The molecule has 2 N–H and O–H groups in total. The van der Waals surface area contributed by atoms with Crippen molar-refractivity contribution in [3.63, 3.8) is 0 Å². The molecule has 0 bridgehead atoms. The number of aromatic amines is 1. The standard InChI is InChI=1S/C22H17N3O/c26-22(17-11-5-2-6-12-17)25-19-14-8-7-13-18(19)21-23-15-20(24-21)16-9-3-1-4-10-16/h1-15H,(H,23,24)(H,25,26).